The molecule has 1 aliphatic rings. The molecule has 0 saturated carbocycles. The minimum Gasteiger partial charge on any atom is -0.493 e. The molecule has 1 aromatic carbocycles. The molecule has 0 spiro atoms. The van der Waals surface area contributed by atoms with Gasteiger partial charge >= 0.3 is 6.03 Å². The molecule has 0 bridgehead atoms. The van der Waals surface area contributed by atoms with E-state index in [4.69, 9.17) is 16.3 Å². The van der Waals surface area contributed by atoms with Gasteiger partial charge in [-0.05, 0) is 38.8 Å². The normalized spacial score (nSPS) is 18.2. The largest absolute Gasteiger partial charge is 0.493 e. The van der Waals surface area contributed by atoms with E-state index in [0.717, 1.165) is 18.4 Å². The van der Waals surface area contributed by atoms with Crippen molar-refractivity contribution in [2.75, 3.05) is 13.2 Å². The second kappa shape index (κ2) is 6.54. The van der Waals surface area contributed by atoms with Crippen molar-refractivity contribution in [3.8, 4) is 5.75 Å². The summed E-state index contributed by atoms with van der Waals surface area (Å²) in [5.41, 5.74) is -0.00897. The molecule has 21 heavy (non-hydrogen) atoms. The van der Waals surface area contributed by atoms with Gasteiger partial charge in [0, 0.05) is 17.1 Å². The number of halogens is 1. The molecule has 1 unspecified atom stereocenters. The molecule has 116 valence electrons. The maximum absolute atomic E-state index is 11.9. The van der Waals surface area contributed by atoms with E-state index in [1.807, 2.05) is 6.07 Å². The molecule has 1 atom stereocenters. The zero-order chi connectivity index (χ0) is 15.5. The van der Waals surface area contributed by atoms with Crippen molar-refractivity contribution in [1.82, 2.24) is 10.6 Å². The first-order valence-electron chi connectivity index (χ1n) is 7.04. The van der Waals surface area contributed by atoms with Gasteiger partial charge in [-0.2, -0.15) is 0 Å². The molecule has 1 aromatic rings. The van der Waals surface area contributed by atoms with Crippen LogP contribution in [0.2, 0.25) is 5.02 Å². The first kappa shape index (κ1) is 15.9. The molecule has 0 fully saturated rings. The first-order valence-corrected chi connectivity index (χ1v) is 7.42. The van der Waals surface area contributed by atoms with Crippen molar-refractivity contribution >= 4 is 17.6 Å². The average molecular weight is 313 g/mol. The van der Waals surface area contributed by atoms with Crippen LogP contribution in [-0.2, 0) is 0 Å². The highest BCUT2D eigenvalue weighted by molar-refractivity contribution is 6.30. The van der Waals surface area contributed by atoms with Crippen LogP contribution in [0.1, 0.15) is 38.3 Å². The van der Waals surface area contributed by atoms with E-state index in [2.05, 4.69) is 10.6 Å². The fraction of sp³-hybridized carbons (Fsp3) is 0.533. The predicted molar refractivity (Wildman–Crippen MR) is 81.8 cm³/mol. The number of hydrogen-bond acceptors (Lipinski definition) is 3. The van der Waals surface area contributed by atoms with Crippen molar-refractivity contribution in [3.63, 3.8) is 0 Å². The predicted octanol–water partition coefficient (Wildman–Crippen LogP) is 2.62. The smallest absolute Gasteiger partial charge is 0.315 e. The summed E-state index contributed by atoms with van der Waals surface area (Å²) < 4.78 is 5.66. The van der Waals surface area contributed by atoms with Crippen LogP contribution in [0.3, 0.4) is 0 Å². The van der Waals surface area contributed by atoms with E-state index in [9.17, 15) is 9.90 Å². The first-order chi connectivity index (χ1) is 9.85. The maximum atomic E-state index is 11.9. The number of carbonyl (C=O) groups is 1. The van der Waals surface area contributed by atoms with Gasteiger partial charge in [0.1, 0.15) is 5.75 Å². The number of benzene rings is 1. The Morgan fingerprint density at radius 1 is 1.52 bits per heavy atom. The molecular formula is C15H21ClN2O3. The molecule has 0 radical (unpaired) electrons. The monoisotopic (exact) mass is 312 g/mol. The lowest BCUT2D eigenvalue weighted by molar-refractivity contribution is 0.0817. The van der Waals surface area contributed by atoms with Gasteiger partial charge in [0.2, 0.25) is 0 Å². The minimum atomic E-state index is -0.935. The summed E-state index contributed by atoms with van der Waals surface area (Å²) in [6.45, 7) is 4.08. The lowest BCUT2D eigenvalue weighted by atomic mass is 10.0. The minimum absolute atomic E-state index is 0.124. The SMILES string of the molecule is CC(C)(O)CNC(=O)NC1CCCOc2cc(Cl)ccc21. The van der Waals surface area contributed by atoms with Crippen LogP contribution in [0.25, 0.3) is 0 Å². The molecular weight excluding hydrogens is 292 g/mol. The standard InChI is InChI=1S/C15H21ClN2O3/c1-15(2,20)9-17-14(19)18-12-4-3-7-21-13-8-10(16)5-6-11(12)13/h5-6,8,12,20H,3-4,7,9H2,1-2H3,(H2,17,18,19). The van der Waals surface area contributed by atoms with Crippen molar-refractivity contribution in [3.05, 3.63) is 28.8 Å². The highest BCUT2D eigenvalue weighted by Crippen LogP contribution is 2.33. The van der Waals surface area contributed by atoms with Crippen molar-refractivity contribution in [2.24, 2.45) is 0 Å². The maximum Gasteiger partial charge on any atom is 0.315 e. The number of fused-ring (bicyclic) bond motifs is 1. The fourth-order valence-corrected chi connectivity index (χ4v) is 2.36. The third kappa shape index (κ3) is 4.79. The van der Waals surface area contributed by atoms with Gasteiger partial charge < -0.3 is 20.5 Å². The van der Waals surface area contributed by atoms with E-state index in [-0.39, 0.29) is 18.6 Å². The number of amides is 2. The summed E-state index contributed by atoms with van der Waals surface area (Å²) in [7, 11) is 0. The number of urea groups is 1. The van der Waals surface area contributed by atoms with Gasteiger partial charge in [-0.1, -0.05) is 17.7 Å². The number of ether oxygens (including phenoxy) is 1. The molecule has 2 amide bonds. The lowest BCUT2D eigenvalue weighted by Gasteiger charge is -2.21. The number of hydrogen-bond donors (Lipinski definition) is 3. The second-order valence-electron chi connectivity index (χ2n) is 5.86. The van der Waals surface area contributed by atoms with E-state index >= 15 is 0 Å². The van der Waals surface area contributed by atoms with Gasteiger partial charge in [-0.3, -0.25) is 0 Å². The van der Waals surface area contributed by atoms with Crippen molar-refractivity contribution < 1.29 is 14.6 Å². The molecule has 3 N–H and O–H groups in total. The van der Waals surface area contributed by atoms with Crippen molar-refractivity contribution in [2.45, 2.75) is 38.3 Å². The zero-order valence-corrected chi connectivity index (χ0v) is 13.0. The Labute approximate surface area is 129 Å². The Balaban J connectivity index is 2.05. The molecule has 1 heterocycles. The number of carbonyl (C=O) groups excluding carboxylic acids is 1. The summed E-state index contributed by atoms with van der Waals surface area (Å²) >= 11 is 5.98. The van der Waals surface area contributed by atoms with Crippen LogP contribution in [0.4, 0.5) is 4.79 Å². The van der Waals surface area contributed by atoms with E-state index in [1.54, 1.807) is 26.0 Å². The Morgan fingerprint density at radius 3 is 3.00 bits per heavy atom. The Hall–Kier alpha value is -1.46. The molecule has 0 saturated heterocycles. The summed E-state index contributed by atoms with van der Waals surface area (Å²) in [6, 6.07) is 5.01. The van der Waals surface area contributed by atoms with Gasteiger partial charge in [-0.25, -0.2) is 4.79 Å². The summed E-state index contributed by atoms with van der Waals surface area (Å²) in [4.78, 5) is 11.9. The molecule has 1 aliphatic heterocycles. The zero-order valence-electron chi connectivity index (χ0n) is 12.3. The quantitative estimate of drug-likeness (QED) is 0.803. The van der Waals surface area contributed by atoms with Crippen LogP contribution in [-0.4, -0.2) is 29.9 Å². The Kier molecular flexibility index (Phi) is 4.96. The van der Waals surface area contributed by atoms with Gasteiger partial charge in [-0.15, -0.1) is 0 Å². The molecule has 0 aliphatic carbocycles. The van der Waals surface area contributed by atoms with Crippen LogP contribution >= 0.6 is 11.6 Å². The summed E-state index contributed by atoms with van der Waals surface area (Å²) in [5.74, 6) is 0.716. The Morgan fingerprint density at radius 2 is 2.29 bits per heavy atom. The summed E-state index contributed by atoms with van der Waals surface area (Å²) in [6.07, 6.45) is 1.65. The van der Waals surface area contributed by atoms with Gasteiger partial charge in [0.25, 0.3) is 0 Å². The number of nitrogens with one attached hydrogen (secondary N) is 2. The van der Waals surface area contributed by atoms with Gasteiger partial charge in [0.05, 0.1) is 18.2 Å². The van der Waals surface area contributed by atoms with Crippen LogP contribution in [0.15, 0.2) is 18.2 Å². The highest BCUT2D eigenvalue weighted by atomic mass is 35.5. The summed E-state index contributed by atoms with van der Waals surface area (Å²) in [5, 5.41) is 15.8. The third-order valence-electron chi connectivity index (χ3n) is 3.23. The van der Waals surface area contributed by atoms with Crippen LogP contribution < -0.4 is 15.4 Å². The topological polar surface area (TPSA) is 70.6 Å². The highest BCUT2D eigenvalue weighted by Gasteiger charge is 2.22. The fourth-order valence-electron chi connectivity index (χ4n) is 2.20. The molecule has 0 aromatic heterocycles. The molecule has 5 nitrogen and oxygen atoms in total. The number of rotatable bonds is 3. The van der Waals surface area contributed by atoms with E-state index < -0.39 is 5.60 Å². The third-order valence-corrected chi connectivity index (χ3v) is 3.47. The van der Waals surface area contributed by atoms with Crippen LogP contribution in [0.5, 0.6) is 5.75 Å². The van der Waals surface area contributed by atoms with E-state index in [0.29, 0.717) is 17.4 Å². The van der Waals surface area contributed by atoms with Gasteiger partial charge in [0.15, 0.2) is 0 Å². The van der Waals surface area contributed by atoms with E-state index in [1.165, 1.54) is 0 Å². The van der Waals surface area contributed by atoms with Crippen LogP contribution in [0, 0.1) is 0 Å². The van der Waals surface area contributed by atoms with Crippen molar-refractivity contribution in [1.29, 1.82) is 0 Å². The number of aliphatic hydroxyl groups is 1. The molecule has 6 heteroatoms. The Bertz CT molecular complexity index is 514. The average Bonchev–Trinajstić information content (AvgIpc) is 2.58. The lowest BCUT2D eigenvalue weighted by Crippen LogP contribution is -2.44. The second-order valence-corrected chi connectivity index (χ2v) is 6.30. The molecule has 2 rings (SSSR count).